The van der Waals surface area contributed by atoms with Gasteiger partial charge in [0.2, 0.25) is 0 Å². The number of rotatable bonds is 10. The highest BCUT2D eigenvalue weighted by molar-refractivity contribution is 6.08. The predicted octanol–water partition coefficient (Wildman–Crippen LogP) is 4.28. The van der Waals surface area contributed by atoms with Crippen molar-refractivity contribution in [2.45, 2.75) is 77.0 Å². The number of ketones is 2. The molecule has 52 heavy (non-hydrogen) atoms. The number of nitrogens with zero attached hydrogens (tertiary/aromatic N) is 2. The average molecular weight is 715 g/mol. The van der Waals surface area contributed by atoms with Gasteiger partial charge in [0.05, 0.1) is 63.5 Å². The van der Waals surface area contributed by atoms with Gasteiger partial charge >= 0.3 is 23.9 Å². The molecule has 0 atom stereocenters. The third-order valence-corrected chi connectivity index (χ3v) is 9.77. The fourth-order valence-electron chi connectivity index (χ4n) is 6.48. The largest absolute Gasteiger partial charge is 0.469 e. The molecule has 2 aliphatic heterocycles. The van der Waals surface area contributed by atoms with E-state index in [1.807, 2.05) is 0 Å². The lowest BCUT2D eigenvalue weighted by Gasteiger charge is -2.14. The Morgan fingerprint density at radius 3 is 1.23 bits per heavy atom. The fourth-order valence-corrected chi connectivity index (χ4v) is 6.48. The SMILES string of the molecule is COC(=O)CCc1c(CC(=O)OC)c2cc3nc(cc4nc(cc5[nH]c(cc1[nH]2)c(CCC(=O)OC)c5CC(=O)OC)C(C)(C)C4=O)C(=O)C3(C)C. The summed E-state index contributed by atoms with van der Waals surface area (Å²) in [4.78, 5) is 94.1. The first-order chi connectivity index (χ1) is 24.5. The molecule has 0 spiro atoms. The summed E-state index contributed by atoms with van der Waals surface area (Å²) in [5.41, 5.74) is 2.72. The third-order valence-electron chi connectivity index (χ3n) is 9.77. The zero-order valence-electron chi connectivity index (χ0n) is 30.5. The lowest BCUT2D eigenvalue weighted by molar-refractivity contribution is -0.141. The third kappa shape index (κ3) is 7.10. The van der Waals surface area contributed by atoms with Crippen LogP contribution in [0.15, 0.2) is 24.3 Å². The van der Waals surface area contributed by atoms with Gasteiger partial charge in [-0.05, 0) is 87.1 Å². The van der Waals surface area contributed by atoms with E-state index in [4.69, 9.17) is 18.9 Å². The van der Waals surface area contributed by atoms with E-state index in [-0.39, 0.29) is 61.5 Å². The van der Waals surface area contributed by atoms with Crippen LogP contribution in [0.2, 0.25) is 0 Å². The maximum atomic E-state index is 13.8. The molecule has 0 saturated heterocycles. The Morgan fingerprint density at radius 2 is 0.885 bits per heavy atom. The number of Topliss-reactive ketones (excluding diaryl/α,β-unsaturated/α-hetero) is 2. The van der Waals surface area contributed by atoms with E-state index in [9.17, 15) is 28.8 Å². The number of H-pyrrole nitrogens is 2. The number of aromatic nitrogens is 4. The highest BCUT2D eigenvalue weighted by Gasteiger charge is 2.41. The van der Waals surface area contributed by atoms with Crippen LogP contribution in [-0.2, 0) is 74.6 Å². The highest BCUT2D eigenvalue weighted by atomic mass is 16.5. The Hall–Kier alpha value is -5.66. The maximum absolute atomic E-state index is 13.8. The van der Waals surface area contributed by atoms with Gasteiger partial charge in [-0.25, -0.2) is 9.97 Å². The molecule has 14 heteroatoms. The first kappa shape index (κ1) is 37.6. The first-order valence-electron chi connectivity index (χ1n) is 16.7. The van der Waals surface area contributed by atoms with Crippen LogP contribution in [0, 0.1) is 0 Å². The summed E-state index contributed by atoms with van der Waals surface area (Å²) in [7, 11) is 5.11. The number of fused-ring (bicyclic) bond motifs is 8. The van der Waals surface area contributed by atoms with Crippen LogP contribution in [0.3, 0.4) is 0 Å². The number of aromatic amines is 2. The van der Waals surface area contributed by atoms with Gasteiger partial charge in [0, 0.05) is 34.9 Å². The van der Waals surface area contributed by atoms with Gasteiger partial charge < -0.3 is 28.9 Å². The number of methoxy groups -OCH3 is 4. The minimum Gasteiger partial charge on any atom is -0.469 e. The summed E-state index contributed by atoms with van der Waals surface area (Å²) >= 11 is 0. The van der Waals surface area contributed by atoms with E-state index in [0.717, 1.165) is 0 Å². The van der Waals surface area contributed by atoms with Crippen molar-refractivity contribution >= 4 is 57.5 Å². The molecule has 0 unspecified atom stereocenters. The first-order valence-corrected chi connectivity index (χ1v) is 16.7. The van der Waals surface area contributed by atoms with Gasteiger partial charge in [0.15, 0.2) is 11.6 Å². The van der Waals surface area contributed by atoms with Crippen LogP contribution >= 0.6 is 0 Å². The molecule has 0 aromatic carbocycles. The molecule has 0 amide bonds. The fraction of sp³-hybridized carbons (Fsp3) is 0.421. The molecular formula is C38H42N4O10. The zero-order valence-corrected chi connectivity index (χ0v) is 30.5. The van der Waals surface area contributed by atoms with E-state index < -0.39 is 34.7 Å². The molecule has 0 radical (unpaired) electrons. The van der Waals surface area contributed by atoms with Crippen molar-refractivity contribution in [2.24, 2.45) is 0 Å². The standard InChI is InChI=1S/C38H42N4O10/c1-37(2)29-17-25-21(13-33(45)51-7)19(9-11-31(43)49-5)23(39-25)15-24-20(10-12-32(44)50-6)22(14-34(46)52-8)26(40-24)18-30-38(3,4)36(48)28(42-30)16-27(41-29)35(37)47/h15-18,39-40H,9-14H2,1-8H3. The van der Waals surface area contributed by atoms with Crippen molar-refractivity contribution in [3.05, 3.63) is 69.3 Å². The van der Waals surface area contributed by atoms with Crippen molar-refractivity contribution < 1.29 is 47.7 Å². The van der Waals surface area contributed by atoms with Gasteiger partial charge in [0.25, 0.3) is 0 Å². The number of nitrogens with one attached hydrogen (secondary N) is 2. The summed E-state index contributed by atoms with van der Waals surface area (Å²) < 4.78 is 19.9. The molecule has 8 bridgehead atoms. The quantitative estimate of drug-likeness (QED) is 0.224. The minimum absolute atomic E-state index is 0.0191. The lowest BCUT2D eigenvalue weighted by atomic mass is 9.84. The normalized spacial score (nSPS) is 14.5. The van der Waals surface area contributed by atoms with Crippen molar-refractivity contribution in [1.82, 2.24) is 19.9 Å². The second-order valence-corrected chi connectivity index (χ2v) is 13.7. The van der Waals surface area contributed by atoms with E-state index in [2.05, 4.69) is 19.9 Å². The Morgan fingerprint density at radius 1 is 0.538 bits per heavy atom. The van der Waals surface area contributed by atoms with Crippen LogP contribution < -0.4 is 0 Å². The number of ether oxygens (including phenoxy) is 4. The van der Waals surface area contributed by atoms with E-state index >= 15 is 0 Å². The number of carbonyl (C=O) groups is 6. The summed E-state index contributed by atoms with van der Waals surface area (Å²) in [6.45, 7) is 6.88. The van der Waals surface area contributed by atoms with Crippen LogP contribution in [0.4, 0.5) is 0 Å². The summed E-state index contributed by atoms with van der Waals surface area (Å²) in [5, 5.41) is 0. The van der Waals surface area contributed by atoms with Crippen molar-refractivity contribution in [1.29, 1.82) is 0 Å². The topological polar surface area (TPSA) is 197 Å². The number of hydrogen-bond acceptors (Lipinski definition) is 12. The Kier molecular flexibility index (Phi) is 10.5. The van der Waals surface area contributed by atoms with Gasteiger partial charge in [-0.1, -0.05) is 0 Å². The van der Waals surface area contributed by atoms with E-state index in [1.54, 1.807) is 45.9 Å². The second-order valence-electron chi connectivity index (χ2n) is 13.7. The Bertz CT molecular complexity index is 2020. The van der Waals surface area contributed by atoms with Crippen LogP contribution in [-0.4, -0.2) is 83.8 Å². The van der Waals surface area contributed by atoms with Gasteiger partial charge in [0.1, 0.15) is 11.4 Å². The van der Waals surface area contributed by atoms with Gasteiger partial charge in [-0.3, -0.25) is 28.8 Å². The smallest absolute Gasteiger partial charge is 0.310 e. The summed E-state index contributed by atoms with van der Waals surface area (Å²) in [6, 6.07) is 6.51. The van der Waals surface area contributed by atoms with Crippen LogP contribution in [0.25, 0.3) is 22.1 Å². The van der Waals surface area contributed by atoms with E-state index in [0.29, 0.717) is 55.7 Å². The number of carbonyl (C=O) groups excluding carboxylic acids is 6. The highest BCUT2D eigenvalue weighted by Crippen LogP contribution is 2.36. The monoisotopic (exact) mass is 714 g/mol. The van der Waals surface area contributed by atoms with Crippen LogP contribution in [0.5, 0.6) is 0 Å². The number of hydrogen-bond donors (Lipinski definition) is 2. The molecule has 3 aromatic rings. The number of aryl methyl sites for hydroxylation is 2. The number of esters is 4. The van der Waals surface area contributed by atoms with Crippen LogP contribution in [0.1, 0.15) is 95.2 Å². The molecule has 5 heterocycles. The lowest BCUT2D eigenvalue weighted by Crippen LogP contribution is -2.25. The maximum Gasteiger partial charge on any atom is 0.310 e. The molecule has 3 aromatic heterocycles. The summed E-state index contributed by atoms with van der Waals surface area (Å²) in [5.74, 6) is -2.67. The minimum atomic E-state index is -1.11. The van der Waals surface area contributed by atoms with Crippen molar-refractivity contribution in [3.63, 3.8) is 0 Å². The molecule has 14 nitrogen and oxygen atoms in total. The average Bonchev–Trinajstić information content (AvgIpc) is 3.73. The molecule has 2 N–H and O–H groups in total. The van der Waals surface area contributed by atoms with Gasteiger partial charge in [-0.15, -0.1) is 0 Å². The second kappa shape index (κ2) is 14.5. The molecule has 0 fully saturated rings. The Labute approximate surface area is 299 Å². The molecule has 2 aliphatic rings. The van der Waals surface area contributed by atoms with E-state index in [1.165, 1.54) is 34.5 Å². The summed E-state index contributed by atoms with van der Waals surface area (Å²) in [6.07, 6.45) is -0.0828. The van der Waals surface area contributed by atoms with Gasteiger partial charge in [-0.2, -0.15) is 0 Å². The molecule has 0 saturated carbocycles. The van der Waals surface area contributed by atoms with Crippen molar-refractivity contribution in [2.75, 3.05) is 28.4 Å². The Balaban J connectivity index is 2.02. The molecule has 0 aliphatic carbocycles. The molecule has 5 rings (SSSR count). The zero-order chi connectivity index (χ0) is 38.1. The molecular weight excluding hydrogens is 672 g/mol. The predicted molar refractivity (Wildman–Crippen MR) is 188 cm³/mol. The van der Waals surface area contributed by atoms with Crippen molar-refractivity contribution in [3.8, 4) is 0 Å². The molecule has 274 valence electrons.